The second-order valence-electron chi connectivity index (χ2n) is 12.1. The van der Waals surface area contributed by atoms with Gasteiger partial charge in [0.1, 0.15) is 37.7 Å². The largest absolute Gasteiger partial charge is 1.00 e. The second-order valence-corrected chi connectivity index (χ2v) is 17.1. The summed E-state index contributed by atoms with van der Waals surface area (Å²) in [5.41, 5.74) is 1.17. The van der Waals surface area contributed by atoms with Crippen LogP contribution in [0.15, 0.2) is 200 Å². The number of aromatic nitrogens is 4. The topological polar surface area (TPSA) is 52.8 Å². The quantitative estimate of drug-likeness (QED) is 0.120. The van der Waals surface area contributed by atoms with Crippen molar-refractivity contribution in [3.8, 4) is 11.5 Å². The number of halogens is 3. The van der Waals surface area contributed by atoms with Gasteiger partial charge in [0.2, 0.25) is 0 Å². The minimum atomic E-state index is -4.57. The fourth-order valence-corrected chi connectivity index (χ4v) is 10.9. The van der Waals surface area contributed by atoms with Crippen molar-refractivity contribution in [2.75, 3.05) is 0 Å². The van der Waals surface area contributed by atoms with E-state index in [-0.39, 0.29) is 28.6 Å². The fraction of sp³-hybridized carbons (Fsp3) is 0.0444. The first-order chi connectivity index (χ1) is 26.4. The first kappa shape index (κ1) is 41.0. The summed E-state index contributed by atoms with van der Waals surface area (Å²) < 4.78 is 36.6. The molecule has 6 aromatic carbocycles. The number of aryl methyl sites for hydroxylation is 1. The van der Waals surface area contributed by atoms with Gasteiger partial charge in [-0.15, -0.1) is 0 Å². The van der Waals surface area contributed by atoms with Gasteiger partial charge in [-0.25, -0.2) is 0 Å². The summed E-state index contributed by atoms with van der Waals surface area (Å²) in [4.78, 5) is 7.18. The van der Waals surface area contributed by atoms with Crippen LogP contribution in [0, 0.1) is 6.92 Å². The molecule has 0 unspecified atom stereocenters. The Balaban J connectivity index is 0.000000158. The zero-order valence-corrected chi connectivity index (χ0v) is 32.7. The molecular formula is C45H38CuF3N4P2+2. The zero-order valence-electron chi connectivity index (χ0n) is 29.8. The van der Waals surface area contributed by atoms with E-state index < -0.39 is 27.8 Å². The van der Waals surface area contributed by atoms with E-state index in [1.54, 1.807) is 12.1 Å². The fourth-order valence-electron chi connectivity index (χ4n) is 5.70. The van der Waals surface area contributed by atoms with Crippen molar-refractivity contribution < 1.29 is 30.2 Å². The Labute approximate surface area is 333 Å². The average molecular weight is 817 g/mol. The zero-order chi connectivity index (χ0) is 37.6. The molecule has 0 fully saturated rings. The molecule has 0 saturated carbocycles. The van der Waals surface area contributed by atoms with Gasteiger partial charge in [-0.05, 0) is 97.2 Å². The van der Waals surface area contributed by atoms with Crippen LogP contribution in [0.2, 0.25) is 0 Å². The molecule has 0 radical (unpaired) electrons. The van der Waals surface area contributed by atoms with Crippen molar-refractivity contribution in [1.29, 1.82) is 0 Å². The molecule has 0 N–H and O–H groups in total. The van der Waals surface area contributed by atoms with Gasteiger partial charge in [-0.1, -0.05) is 115 Å². The Morgan fingerprint density at radius 3 is 1.00 bits per heavy atom. The predicted octanol–water partition coefficient (Wildman–Crippen LogP) is 8.17. The Hall–Kier alpha value is -5.22. The van der Waals surface area contributed by atoms with E-state index >= 15 is 0 Å². The van der Waals surface area contributed by atoms with Gasteiger partial charge < -0.3 is 10.1 Å². The minimum Gasteiger partial charge on any atom is -0.413 e. The van der Waals surface area contributed by atoms with Crippen molar-refractivity contribution in [2.45, 2.75) is 13.1 Å². The van der Waals surface area contributed by atoms with E-state index in [1.165, 1.54) is 38.0 Å². The molecule has 0 aliphatic carbocycles. The van der Waals surface area contributed by atoms with Crippen LogP contribution in [0.1, 0.15) is 11.4 Å². The third-order valence-corrected chi connectivity index (χ3v) is 13.7. The van der Waals surface area contributed by atoms with Crippen molar-refractivity contribution in [3.63, 3.8) is 0 Å². The van der Waals surface area contributed by atoms with E-state index in [1.807, 2.05) is 6.92 Å². The van der Waals surface area contributed by atoms with Crippen molar-refractivity contribution in [2.24, 2.45) is 0 Å². The Bertz CT molecular complexity index is 1960. The molecule has 10 heteroatoms. The van der Waals surface area contributed by atoms with Crippen LogP contribution in [0.25, 0.3) is 11.5 Å². The molecule has 0 spiro atoms. The van der Waals surface area contributed by atoms with Crippen LogP contribution < -0.4 is 36.9 Å². The first-order valence-electron chi connectivity index (χ1n) is 17.3. The van der Waals surface area contributed by atoms with Crippen molar-refractivity contribution in [3.05, 3.63) is 212 Å². The van der Waals surface area contributed by atoms with Crippen molar-refractivity contribution in [1.82, 2.24) is 20.2 Å². The van der Waals surface area contributed by atoms with Gasteiger partial charge in [0.05, 0.1) is 21.5 Å². The molecule has 0 bridgehead atoms. The number of hydrogen-bond acceptors (Lipinski definition) is 3. The third-order valence-electron chi connectivity index (χ3n) is 8.22. The molecule has 4 nitrogen and oxygen atoms in total. The smallest absolute Gasteiger partial charge is 0.413 e. The maximum atomic E-state index is 12.2. The molecule has 0 aliphatic rings. The summed E-state index contributed by atoms with van der Waals surface area (Å²) in [5.74, 6) is -1.36. The number of pyridine rings is 1. The molecule has 0 amide bonds. The summed E-state index contributed by atoms with van der Waals surface area (Å²) in [5, 5.41) is 14.9. The number of alkyl halides is 3. The number of hydrogen-bond donors (Lipinski definition) is 0. The number of nitrogens with zero attached hydrogens (tertiary/aromatic N) is 4. The molecule has 0 aliphatic heterocycles. The minimum absolute atomic E-state index is 0. The Kier molecular flexibility index (Phi) is 15.2. The number of rotatable bonds is 7. The van der Waals surface area contributed by atoms with Crippen LogP contribution in [-0.2, 0) is 23.2 Å². The summed E-state index contributed by atoms with van der Waals surface area (Å²) in [6, 6.07) is 68.3. The second kappa shape index (κ2) is 20.5. The molecule has 278 valence electrons. The van der Waals surface area contributed by atoms with E-state index in [0.29, 0.717) is 0 Å². The van der Waals surface area contributed by atoms with Gasteiger partial charge in [-0.3, -0.25) is 10.1 Å². The van der Waals surface area contributed by atoms with Crippen LogP contribution >= 0.6 is 15.8 Å². The molecular weight excluding hydrogens is 779 g/mol. The van der Waals surface area contributed by atoms with Crippen LogP contribution in [0.3, 0.4) is 0 Å². The maximum Gasteiger partial charge on any atom is 1.00 e. The number of benzene rings is 6. The van der Waals surface area contributed by atoms with Gasteiger partial charge >= 0.3 is 23.2 Å². The molecule has 8 aromatic rings. The van der Waals surface area contributed by atoms with Crippen LogP contribution in [0.5, 0.6) is 0 Å². The van der Waals surface area contributed by atoms with E-state index in [9.17, 15) is 13.2 Å². The Morgan fingerprint density at radius 1 is 0.455 bits per heavy atom. The van der Waals surface area contributed by atoms with Crippen LogP contribution in [-0.4, -0.2) is 15.1 Å². The summed E-state index contributed by atoms with van der Waals surface area (Å²) >= 11 is 0. The van der Waals surface area contributed by atoms with Crippen molar-refractivity contribution >= 4 is 47.7 Å². The predicted molar refractivity (Wildman–Crippen MR) is 221 cm³/mol. The maximum absolute atomic E-state index is 12.2. The standard InChI is InChI=1S/2C18H15P.C9H6F3N4.Cu/c2*1-4-10-16(11-5-1)19(17-12-6-2-7-13-17)18-14-8-3-9-15-18;1-5-2-3-6(13-4-5)7-14-8(16-15-7)9(10,11)12;/h2*1-15H;2-4H,1H3;/q;;-1;+1/p+2. The molecule has 0 saturated heterocycles. The molecule has 2 aromatic heterocycles. The first-order valence-corrected chi connectivity index (χ1v) is 20.3. The van der Waals surface area contributed by atoms with Crippen LogP contribution in [0.4, 0.5) is 13.2 Å². The normalized spacial score (nSPS) is 10.7. The summed E-state index contributed by atoms with van der Waals surface area (Å²) in [6.07, 6.45) is -3.05. The van der Waals surface area contributed by atoms with E-state index in [4.69, 9.17) is 0 Å². The molecule has 2 heterocycles. The molecule has 55 heavy (non-hydrogen) atoms. The van der Waals surface area contributed by atoms with E-state index in [0.717, 1.165) is 5.56 Å². The summed E-state index contributed by atoms with van der Waals surface area (Å²) in [6.45, 7) is 1.82. The van der Waals surface area contributed by atoms with Gasteiger partial charge in [0.25, 0.3) is 0 Å². The average Bonchev–Trinajstić information content (AvgIpc) is 3.73. The third kappa shape index (κ3) is 11.6. The molecule has 0 atom stereocenters. The van der Waals surface area contributed by atoms with Gasteiger partial charge in [0.15, 0.2) is 0 Å². The monoisotopic (exact) mass is 816 g/mol. The summed E-state index contributed by atoms with van der Waals surface area (Å²) in [7, 11) is -1.75. The SMILES string of the molecule is Cc1ccc(-c2nc(C(F)(F)F)n[n-]2)nc1.[Cu+].c1ccc([PH+](c2ccccc2)c2ccccc2)cc1.c1ccc([PH+](c2ccccc2)c2ccccc2)cc1. The van der Waals surface area contributed by atoms with Gasteiger partial charge in [-0.2, -0.15) is 13.2 Å². The Morgan fingerprint density at radius 2 is 0.764 bits per heavy atom. The van der Waals surface area contributed by atoms with Gasteiger partial charge in [0, 0.05) is 6.20 Å². The molecule has 8 rings (SSSR count). The van der Waals surface area contributed by atoms with E-state index in [2.05, 4.69) is 202 Å².